The molecule has 7 heteroatoms. The van der Waals surface area contributed by atoms with Gasteiger partial charge in [-0.05, 0) is 54.3 Å². The Kier molecular flexibility index (Phi) is 6.56. The number of carbonyl (C=O) groups is 2. The second-order valence-corrected chi connectivity index (χ2v) is 7.85. The number of carbonyl (C=O) groups excluding carboxylic acids is 2. The molecule has 0 saturated carbocycles. The summed E-state index contributed by atoms with van der Waals surface area (Å²) in [6.45, 7) is 1.95. The van der Waals surface area contributed by atoms with Gasteiger partial charge in [0.25, 0.3) is 11.8 Å². The summed E-state index contributed by atoms with van der Waals surface area (Å²) < 4.78 is 5.18. The van der Waals surface area contributed by atoms with Gasteiger partial charge in [-0.15, -0.1) is 11.3 Å². The van der Waals surface area contributed by atoms with Gasteiger partial charge >= 0.3 is 0 Å². The minimum Gasteiger partial charge on any atom is -0.497 e. The molecule has 0 saturated heterocycles. The number of nitrogens with zero attached hydrogens (tertiary/aromatic N) is 1. The van der Waals surface area contributed by atoms with Crippen LogP contribution in [0.2, 0.25) is 5.02 Å². The van der Waals surface area contributed by atoms with Gasteiger partial charge < -0.3 is 15.0 Å². The van der Waals surface area contributed by atoms with E-state index >= 15 is 0 Å². The van der Waals surface area contributed by atoms with E-state index < -0.39 is 0 Å². The first-order valence-electron chi connectivity index (χ1n) is 8.96. The lowest BCUT2D eigenvalue weighted by Crippen LogP contribution is -2.29. The molecule has 29 heavy (non-hydrogen) atoms. The van der Waals surface area contributed by atoms with Gasteiger partial charge in [-0.25, -0.2) is 0 Å². The van der Waals surface area contributed by atoms with E-state index in [2.05, 4.69) is 5.32 Å². The fourth-order valence-corrected chi connectivity index (χ4v) is 3.62. The Labute approximate surface area is 178 Å². The van der Waals surface area contributed by atoms with Gasteiger partial charge in [-0.1, -0.05) is 29.8 Å². The zero-order valence-corrected chi connectivity index (χ0v) is 17.9. The van der Waals surface area contributed by atoms with Gasteiger partial charge in [0.05, 0.1) is 28.7 Å². The quantitative estimate of drug-likeness (QED) is 0.564. The van der Waals surface area contributed by atoms with Gasteiger partial charge in [0.2, 0.25) is 0 Å². The van der Waals surface area contributed by atoms with Crippen molar-refractivity contribution in [3.63, 3.8) is 0 Å². The average Bonchev–Trinajstić information content (AvgIpc) is 3.29. The number of rotatable bonds is 6. The van der Waals surface area contributed by atoms with Crippen LogP contribution in [0.5, 0.6) is 5.75 Å². The summed E-state index contributed by atoms with van der Waals surface area (Å²) in [6, 6.07) is 15.9. The number of methoxy groups -OCH3 is 1. The largest absolute Gasteiger partial charge is 0.497 e. The maximum atomic E-state index is 13.0. The molecular formula is C22H21ClN2O3S. The highest BCUT2D eigenvalue weighted by Crippen LogP contribution is 2.27. The van der Waals surface area contributed by atoms with E-state index in [4.69, 9.17) is 16.3 Å². The topological polar surface area (TPSA) is 58.6 Å². The summed E-state index contributed by atoms with van der Waals surface area (Å²) in [5.41, 5.74) is 1.84. The van der Waals surface area contributed by atoms with E-state index in [1.165, 1.54) is 11.3 Å². The molecule has 3 rings (SSSR count). The predicted octanol–water partition coefficient (Wildman–Crippen LogP) is 5.50. The van der Waals surface area contributed by atoms with Crippen molar-refractivity contribution in [1.82, 2.24) is 4.90 Å². The van der Waals surface area contributed by atoms with E-state index in [1.54, 1.807) is 49.4 Å². The third kappa shape index (κ3) is 4.78. The molecule has 0 aliphatic heterocycles. The Morgan fingerprint density at radius 1 is 1.14 bits per heavy atom. The molecule has 1 aromatic heterocycles. The fraction of sp³-hybridized carbons (Fsp3) is 0.182. The molecule has 0 bridgehead atoms. The lowest BCUT2D eigenvalue weighted by molar-refractivity contribution is 0.0742. The molecule has 0 aliphatic rings. The SMILES string of the molecule is COc1ccc(C(C)N(C)C(=O)c2ccc(Cl)c(NC(=O)c3cccs3)c2)cc1. The smallest absolute Gasteiger partial charge is 0.265 e. The highest BCUT2D eigenvalue weighted by Gasteiger charge is 2.20. The number of anilines is 1. The number of hydrogen-bond acceptors (Lipinski definition) is 4. The van der Waals surface area contributed by atoms with Gasteiger partial charge in [0.15, 0.2) is 0 Å². The molecule has 2 aromatic carbocycles. The van der Waals surface area contributed by atoms with E-state index in [-0.39, 0.29) is 17.9 Å². The Hall–Kier alpha value is -2.83. The monoisotopic (exact) mass is 428 g/mol. The van der Waals surface area contributed by atoms with Crippen LogP contribution in [0.1, 0.15) is 38.6 Å². The van der Waals surface area contributed by atoms with Crippen molar-refractivity contribution in [2.75, 3.05) is 19.5 Å². The van der Waals surface area contributed by atoms with E-state index in [0.29, 0.717) is 21.2 Å². The van der Waals surface area contributed by atoms with Crippen molar-refractivity contribution in [2.45, 2.75) is 13.0 Å². The summed E-state index contributed by atoms with van der Waals surface area (Å²) >= 11 is 7.56. The highest BCUT2D eigenvalue weighted by atomic mass is 35.5. The highest BCUT2D eigenvalue weighted by molar-refractivity contribution is 7.12. The number of amides is 2. The number of halogens is 1. The molecule has 150 valence electrons. The maximum absolute atomic E-state index is 13.0. The van der Waals surface area contributed by atoms with Crippen LogP contribution in [-0.2, 0) is 0 Å². The minimum absolute atomic E-state index is 0.145. The fourth-order valence-electron chi connectivity index (χ4n) is 2.83. The van der Waals surface area contributed by atoms with Crippen molar-refractivity contribution in [1.29, 1.82) is 0 Å². The first-order chi connectivity index (χ1) is 13.9. The van der Waals surface area contributed by atoms with Crippen molar-refractivity contribution >= 4 is 40.4 Å². The van der Waals surface area contributed by atoms with E-state index in [9.17, 15) is 9.59 Å². The van der Waals surface area contributed by atoms with Crippen LogP contribution in [0.15, 0.2) is 60.0 Å². The summed E-state index contributed by atoms with van der Waals surface area (Å²) in [5.74, 6) is 0.335. The lowest BCUT2D eigenvalue weighted by Gasteiger charge is -2.26. The minimum atomic E-state index is -0.258. The van der Waals surface area contributed by atoms with Gasteiger partial charge in [-0.2, -0.15) is 0 Å². The molecule has 3 aromatic rings. The van der Waals surface area contributed by atoms with Crippen molar-refractivity contribution in [2.24, 2.45) is 0 Å². The second kappa shape index (κ2) is 9.11. The van der Waals surface area contributed by atoms with Crippen LogP contribution >= 0.6 is 22.9 Å². The lowest BCUT2D eigenvalue weighted by atomic mass is 10.1. The van der Waals surface area contributed by atoms with Crippen molar-refractivity contribution in [3.05, 3.63) is 81.0 Å². The summed E-state index contributed by atoms with van der Waals surface area (Å²) in [5, 5.41) is 4.97. The summed E-state index contributed by atoms with van der Waals surface area (Å²) in [7, 11) is 3.36. The maximum Gasteiger partial charge on any atom is 0.265 e. The predicted molar refractivity (Wildman–Crippen MR) is 117 cm³/mol. The molecule has 1 unspecified atom stereocenters. The van der Waals surface area contributed by atoms with Gasteiger partial charge in [0.1, 0.15) is 5.75 Å². The van der Waals surface area contributed by atoms with Crippen LogP contribution in [0.3, 0.4) is 0 Å². The van der Waals surface area contributed by atoms with Crippen molar-refractivity contribution in [3.8, 4) is 5.75 Å². The average molecular weight is 429 g/mol. The molecule has 0 aliphatic carbocycles. The van der Waals surface area contributed by atoms with Gasteiger partial charge in [0, 0.05) is 12.6 Å². The summed E-state index contributed by atoms with van der Waals surface area (Å²) in [4.78, 5) is 27.6. The number of thiophene rings is 1. The Bertz CT molecular complexity index is 1000. The van der Waals surface area contributed by atoms with Crippen LogP contribution < -0.4 is 10.1 Å². The molecular weight excluding hydrogens is 408 g/mol. The Balaban J connectivity index is 1.78. The number of nitrogens with one attached hydrogen (secondary N) is 1. The summed E-state index contributed by atoms with van der Waals surface area (Å²) in [6.07, 6.45) is 0. The standard InChI is InChI=1S/C22H21ClN2O3S/c1-14(15-6-9-17(28-3)10-7-15)25(2)22(27)16-8-11-18(23)19(13-16)24-21(26)20-5-4-12-29-20/h4-14H,1-3H3,(H,24,26). The number of ether oxygens (including phenoxy) is 1. The molecule has 1 atom stereocenters. The molecule has 0 fully saturated rings. The Morgan fingerprint density at radius 2 is 1.86 bits per heavy atom. The molecule has 5 nitrogen and oxygen atoms in total. The van der Waals surface area contributed by atoms with E-state index in [1.807, 2.05) is 36.6 Å². The molecule has 1 N–H and O–H groups in total. The zero-order chi connectivity index (χ0) is 21.0. The van der Waals surface area contributed by atoms with Crippen molar-refractivity contribution < 1.29 is 14.3 Å². The van der Waals surface area contributed by atoms with E-state index in [0.717, 1.165) is 11.3 Å². The van der Waals surface area contributed by atoms with Crippen LogP contribution in [0, 0.1) is 0 Å². The third-order valence-electron chi connectivity index (χ3n) is 4.71. The molecule has 1 heterocycles. The number of benzene rings is 2. The molecule has 0 radical (unpaired) electrons. The van der Waals surface area contributed by atoms with Gasteiger partial charge in [-0.3, -0.25) is 9.59 Å². The molecule has 0 spiro atoms. The first kappa shape index (κ1) is 20.9. The third-order valence-corrected chi connectivity index (χ3v) is 5.90. The van der Waals surface area contributed by atoms with Crippen LogP contribution in [0.25, 0.3) is 0 Å². The van der Waals surface area contributed by atoms with Crippen LogP contribution in [0.4, 0.5) is 5.69 Å². The first-order valence-corrected chi connectivity index (χ1v) is 10.2. The van der Waals surface area contributed by atoms with Crippen LogP contribution in [-0.4, -0.2) is 30.9 Å². The second-order valence-electron chi connectivity index (χ2n) is 6.49. The zero-order valence-electron chi connectivity index (χ0n) is 16.3. The number of hydrogen-bond donors (Lipinski definition) is 1. The normalized spacial score (nSPS) is 11.6. The molecule has 2 amide bonds. The Morgan fingerprint density at radius 3 is 2.48 bits per heavy atom.